The fourth-order valence-electron chi connectivity index (χ4n) is 5.07. The Labute approximate surface area is 215 Å². The van der Waals surface area contributed by atoms with E-state index >= 15 is 0 Å². The maximum Gasteiger partial charge on any atom is 0.337 e. The van der Waals surface area contributed by atoms with E-state index in [1.165, 1.54) is 0 Å². The molecule has 0 saturated heterocycles. The number of allylic oxidation sites excluding steroid dienone is 2. The fraction of sp³-hybridized carbons (Fsp3) is 0.387. The predicted molar refractivity (Wildman–Crippen MR) is 149 cm³/mol. The summed E-state index contributed by atoms with van der Waals surface area (Å²) < 4.78 is 11.6. The molecule has 2 aromatic carbocycles. The van der Waals surface area contributed by atoms with Crippen molar-refractivity contribution in [2.45, 2.75) is 53.2 Å². The van der Waals surface area contributed by atoms with Crippen molar-refractivity contribution >= 4 is 17.2 Å². The summed E-state index contributed by atoms with van der Waals surface area (Å²) in [5.41, 5.74) is 9.07. The number of carboxylic acids is 1. The second-order valence-corrected chi connectivity index (χ2v) is 10.3. The van der Waals surface area contributed by atoms with Gasteiger partial charge >= 0.3 is 5.97 Å². The van der Waals surface area contributed by atoms with E-state index in [1.807, 2.05) is 46.8 Å². The Kier molecular flexibility index (Phi) is 8.27. The lowest BCUT2D eigenvalue weighted by molar-refractivity contribution is -0.160. The summed E-state index contributed by atoms with van der Waals surface area (Å²) in [6.07, 6.45) is 2.64. The van der Waals surface area contributed by atoms with Crippen molar-refractivity contribution < 1.29 is 19.4 Å². The second kappa shape index (κ2) is 10.9. The zero-order valence-electron chi connectivity index (χ0n) is 22.7. The highest BCUT2D eigenvalue weighted by Gasteiger charge is 2.36. The molecule has 1 aliphatic heterocycles. The maximum atomic E-state index is 12.7. The van der Waals surface area contributed by atoms with Gasteiger partial charge in [0.05, 0.1) is 12.2 Å². The number of benzene rings is 2. The van der Waals surface area contributed by atoms with Gasteiger partial charge in [-0.2, -0.15) is 0 Å². The van der Waals surface area contributed by atoms with Crippen molar-refractivity contribution in [3.63, 3.8) is 0 Å². The molecule has 192 valence electrons. The summed E-state index contributed by atoms with van der Waals surface area (Å²) in [5, 5.41) is 10.4. The van der Waals surface area contributed by atoms with Gasteiger partial charge in [-0.25, -0.2) is 4.79 Å². The molecule has 5 heteroatoms. The average Bonchev–Trinajstić information content (AvgIpc) is 2.82. The van der Waals surface area contributed by atoms with Gasteiger partial charge in [-0.3, -0.25) is 0 Å². The summed E-state index contributed by atoms with van der Waals surface area (Å²) >= 11 is 0. The topological polar surface area (TPSA) is 59.0 Å². The Morgan fingerprint density at radius 3 is 2.22 bits per heavy atom. The number of rotatable bonds is 9. The summed E-state index contributed by atoms with van der Waals surface area (Å²) in [5.74, 6) is -1.01. The Balaban J connectivity index is 2.51. The number of hydrogen-bond acceptors (Lipinski definition) is 4. The third kappa shape index (κ3) is 5.32. The number of carbonyl (C=O) groups is 1. The van der Waals surface area contributed by atoms with E-state index in [0.717, 1.165) is 50.2 Å². The number of aryl methyl sites for hydroxylation is 1. The molecule has 0 amide bonds. The summed E-state index contributed by atoms with van der Waals surface area (Å²) in [7, 11) is 1.69. The van der Waals surface area contributed by atoms with Gasteiger partial charge in [0.2, 0.25) is 0 Å². The molecule has 1 heterocycles. The number of aliphatic carboxylic acids is 1. The Hall–Kier alpha value is -3.15. The van der Waals surface area contributed by atoms with Crippen LogP contribution in [0.15, 0.2) is 55.1 Å². The van der Waals surface area contributed by atoms with Gasteiger partial charge in [0, 0.05) is 37.0 Å². The third-order valence-electron chi connectivity index (χ3n) is 6.62. The summed E-state index contributed by atoms with van der Waals surface area (Å²) in [6.45, 7) is 21.8. The van der Waals surface area contributed by atoms with Crippen molar-refractivity contribution in [2.75, 3.05) is 31.7 Å². The molecular formula is C31H39NO4. The normalized spacial score (nSPS) is 14.5. The lowest BCUT2D eigenvalue weighted by Crippen LogP contribution is -2.35. The quantitative estimate of drug-likeness (QED) is 0.419. The Morgan fingerprint density at radius 2 is 1.72 bits per heavy atom. The number of carboxylic acid groups (broad SMARTS) is 1. The zero-order chi connectivity index (χ0) is 26.8. The van der Waals surface area contributed by atoms with Crippen LogP contribution in [0.1, 0.15) is 54.7 Å². The average molecular weight is 490 g/mol. The van der Waals surface area contributed by atoms with Gasteiger partial charge in [0.25, 0.3) is 0 Å². The smallest absolute Gasteiger partial charge is 0.337 e. The molecule has 0 aliphatic carbocycles. The maximum absolute atomic E-state index is 12.7. The molecule has 0 radical (unpaired) electrons. The molecule has 5 nitrogen and oxygen atoms in total. The standard InChI is InChI=1S/C31H39NO4/c1-10-22-18-32(16-17-35-9)28-21(5)27(29(30(33)34)36-31(6,7)8)25(20(4)26(28)24(22)11-2)23-14-12-19(3)13-15-23/h10-15,29H,1-2,16-18H2,3-9H3,(H,33,34)/t29-/m0/s1. The van der Waals surface area contributed by atoms with Gasteiger partial charge in [-0.15, -0.1) is 0 Å². The van der Waals surface area contributed by atoms with E-state index < -0.39 is 17.7 Å². The van der Waals surface area contributed by atoms with Crippen LogP contribution in [-0.2, 0) is 14.3 Å². The van der Waals surface area contributed by atoms with Gasteiger partial charge in [-0.05, 0) is 74.9 Å². The Bertz CT molecular complexity index is 1200. The van der Waals surface area contributed by atoms with Gasteiger partial charge in [0.15, 0.2) is 6.10 Å². The highest BCUT2D eigenvalue weighted by atomic mass is 16.5. The monoisotopic (exact) mass is 489 g/mol. The minimum atomic E-state index is -1.13. The number of methoxy groups -OCH3 is 1. The second-order valence-electron chi connectivity index (χ2n) is 10.3. The lowest BCUT2D eigenvalue weighted by atomic mass is 9.79. The highest BCUT2D eigenvalue weighted by Crippen LogP contribution is 2.48. The molecule has 36 heavy (non-hydrogen) atoms. The minimum absolute atomic E-state index is 0.543. The van der Waals surface area contributed by atoms with Gasteiger partial charge < -0.3 is 19.5 Å². The number of hydrogen-bond donors (Lipinski definition) is 1. The first kappa shape index (κ1) is 27.4. The third-order valence-corrected chi connectivity index (χ3v) is 6.62. The number of anilines is 1. The molecule has 0 saturated carbocycles. The van der Waals surface area contributed by atoms with Crippen LogP contribution in [-0.4, -0.2) is 43.5 Å². The van der Waals surface area contributed by atoms with E-state index in [2.05, 4.69) is 49.2 Å². The van der Waals surface area contributed by atoms with E-state index in [1.54, 1.807) is 7.11 Å². The molecule has 1 aliphatic rings. The van der Waals surface area contributed by atoms with Crippen LogP contribution in [0.5, 0.6) is 0 Å². The van der Waals surface area contributed by atoms with Crippen LogP contribution in [0.25, 0.3) is 16.7 Å². The van der Waals surface area contributed by atoms with Crippen molar-refractivity contribution in [1.82, 2.24) is 0 Å². The van der Waals surface area contributed by atoms with E-state index in [4.69, 9.17) is 9.47 Å². The van der Waals surface area contributed by atoms with Crippen molar-refractivity contribution in [3.05, 3.63) is 83.0 Å². The molecule has 2 aromatic rings. The van der Waals surface area contributed by atoms with Crippen LogP contribution in [0.4, 0.5) is 5.69 Å². The molecule has 3 rings (SSSR count). The van der Waals surface area contributed by atoms with Crippen LogP contribution in [0, 0.1) is 20.8 Å². The molecule has 0 fully saturated rings. The van der Waals surface area contributed by atoms with Gasteiger partial charge in [-0.1, -0.05) is 55.1 Å². The molecule has 1 N–H and O–H groups in total. The van der Waals surface area contributed by atoms with Crippen molar-refractivity contribution in [3.8, 4) is 11.1 Å². The largest absolute Gasteiger partial charge is 0.479 e. The molecule has 1 atom stereocenters. The molecule has 0 spiro atoms. The first-order chi connectivity index (χ1) is 16.9. The van der Waals surface area contributed by atoms with Crippen molar-refractivity contribution in [1.29, 1.82) is 0 Å². The minimum Gasteiger partial charge on any atom is -0.479 e. The molecule has 0 unspecified atom stereocenters. The zero-order valence-corrected chi connectivity index (χ0v) is 22.7. The van der Waals surface area contributed by atoms with Crippen molar-refractivity contribution in [2.24, 2.45) is 0 Å². The van der Waals surface area contributed by atoms with E-state index in [0.29, 0.717) is 25.3 Å². The molecule has 0 bridgehead atoms. The molecular weight excluding hydrogens is 450 g/mol. The molecule has 0 aromatic heterocycles. The Morgan fingerprint density at radius 1 is 1.08 bits per heavy atom. The summed E-state index contributed by atoms with van der Waals surface area (Å²) in [6, 6.07) is 8.22. The SMILES string of the molecule is C=CC1=C(C=C)c2c(C)c(-c3ccc(C)cc3)c([C@H](OC(C)(C)C)C(=O)O)c(C)c2N(CCOC)C1. The van der Waals surface area contributed by atoms with Crippen LogP contribution >= 0.6 is 0 Å². The van der Waals surface area contributed by atoms with E-state index in [-0.39, 0.29) is 0 Å². The van der Waals surface area contributed by atoms with Crippen LogP contribution in [0.3, 0.4) is 0 Å². The fourth-order valence-corrected chi connectivity index (χ4v) is 5.07. The van der Waals surface area contributed by atoms with E-state index in [9.17, 15) is 9.90 Å². The summed E-state index contributed by atoms with van der Waals surface area (Å²) in [4.78, 5) is 15.0. The van der Waals surface area contributed by atoms with Crippen LogP contribution < -0.4 is 4.90 Å². The number of fused-ring (bicyclic) bond motifs is 1. The first-order valence-electron chi connectivity index (χ1n) is 12.3. The number of ether oxygens (including phenoxy) is 2. The highest BCUT2D eigenvalue weighted by molar-refractivity contribution is 5.97. The van der Waals surface area contributed by atoms with Gasteiger partial charge in [0.1, 0.15) is 0 Å². The predicted octanol–water partition coefficient (Wildman–Crippen LogP) is 6.81. The van der Waals surface area contributed by atoms with Crippen LogP contribution in [0.2, 0.25) is 0 Å². The number of nitrogens with zero attached hydrogens (tertiary/aromatic N) is 1. The lowest BCUT2D eigenvalue weighted by Gasteiger charge is -2.38. The first-order valence-corrected chi connectivity index (χ1v) is 12.3.